The fourth-order valence-electron chi connectivity index (χ4n) is 3.04. The first kappa shape index (κ1) is 17.5. The second-order valence-corrected chi connectivity index (χ2v) is 7.65. The van der Waals surface area contributed by atoms with Crippen molar-refractivity contribution in [3.8, 4) is 0 Å². The number of carbonyl (C=O) groups is 1. The van der Waals surface area contributed by atoms with E-state index in [1.165, 1.54) is 6.42 Å². The maximum absolute atomic E-state index is 12.3. The lowest BCUT2D eigenvalue weighted by Crippen LogP contribution is -2.31. The first-order valence-corrected chi connectivity index (χ1v) is 8.10. The average Bonchev–Trinajstić information content (AvgIpc) is 2.26. The van der Waals surface area contributed by atoms with Crippen LogP contribution in [0.1, 0.15) is 73.1 Å². The minimum atomic E-state index is -0.411. The molecule has 1 rings (SSSR count). The Balaban J connectivity index is 2.48. The van der Waals surface area contributed by atoms with Gasteiger partial charge in [-0.3, -0.25) is 4.79 Å². The summed E-state index contributed by atoms with van der Waals surface area (Å²) in [7, 11) is 0. The summed E-state index contributed by atoms with van der Waals surface area (Å²) in [5, 5.41) is 9.72. The molecule has 0 radical (unpaired) electrons. The second-order valence-electron chi connectivity index (χ2n) is 7.65. The van der Waals surface area contributed by atoms with Crippen LogP contribution in [0.25, 0.3) is 0 Å². The van der Waals surface area contributed by atoms with E-state index in [4.69, 9.17) is 4.74 Å². The normalized spacial score (nSPS) is 25.6. The second kappa shape index (κ2) is 7.44. The molecule has 0 amide bonds. The van der Waals surface area contributed by atoms with Gasteiger partial charge in [0.2, 0.25) is 0 Å². The number of aliphatic hydroxyl groups excluding tert-OH is 1. The van der Waals surface area contributed by atoms with E-state index in [0.717, 1.165) is 32.1 Å². The van der Waals surface area contributed by atoms with Crippen LogP contribution >= 0.6 is 0 Å². The van der Waals surface area contributed by atoms with E-state index in [1.54, 1.807) is 0 Å². The monoisotopic (exact) mass is 284 g/mol. The Morgan fingerprint density at radius 3 is 2.45 bits per heavy atom. The molecule has 0 heterocycles. The first-order chi connectivity index (χ1) is 9.19. The molecule has 0 aromatic heterocycles. The molecule has 1 fully saturated rings. The Hall–Kier alpha value is -0.570. The summed E-state index contributed by atoms with van der Waals surface area (Å²) in [4.78, 5) is 12.3. The lowest BCUT2D eigenvalue weighted by atomic mass is 9.81. The molecule has 0 aromatic rings. The SMILES string of the molecule is CC(C)C(CCC1CCCC(O)C1)C(=O)OC(C)(C)C. The summed E-state index contributed by atoms with van der Waals surface area (Å²) in [5.41, 5.74) is -0.411. The van der Waals surface area contributed by atoms with Crippen molar-refractivity contribution in [3.05, 3.63) is 0 Å². The summed E-state index contributed by atoms with van der Waals surface area (Å²) in [6.45, 7) is 9.92. The number of carbonyl (C=O) groups excluding carboxylic acids is 1. The summed E-state index contributed by atoms with van der Waals surface area (Å²) < 4.78 is 5.53. The number of aliphatic hydroxyl groups is 1. The third kappa shape index (κ3) is 6.25. The molecule has 0 spiro atoms. The molecule has 0 saturated heterocycles. The highest BCUT2D eigenvalue weighted by atomic mass is 16.6. The largest absolute Gasteiger partial charge is 0.460 e. The van der Waals surface area contributed by atoms with E-state index < -0.39 is 5.60 Å². The highest BCUT2D eigenvalue weighted by Crippen LogP contribution is 2.31. The molecule has 0 aliphatic heterocycles. The zero-order valence-electron chi connectivity index (χ0n) is 13.8. The van der Waals surface area contributed by atoms with Crippen molar-refractivity contribution in [2.45, 2.75) is 84.8 Å². The van der Waals surface area contributed by atoms with Crippen LogP contribution in [0.5, 0.6) is 0 Å². The van der Waals surface area contributed by atoms with Crippen LogP contribution < -0.4 is 0 Å². The Kier molecular flexibility index (Phi) is 6.50. The van der Waals surface area contributed by atoms with Gasteiger partial charge in [-0.1, -0.05) is 26.7 Å². The number of rotatable bonds is 5. The van der Waals surface area contributed by atoms with Gasteiger partial charge < -0.3 is 9.84 Å². The van der Waals surface area contributed by atoms with Gasteiger partial charge in [0.1, 0.15) is 5.60 Å². The van der Waals surface area contributed by atoms with Crippen molar-refractivity contribution in [2.75, 3.05) is 0 Å². The number of hydrogen-bond acceptors (Lipinski definition) is 3. The molecule has 0 aromatic carbocycles. The molecule has 1 N–H and O–H groups in total. The molecular formula is C17H32O3. The molecule has 3 atom stereocenters. The van der Waals surface area contributed by atoms with Gasteiger partial charge in [-0.05, 0) is 58.3 Å². The summed E-state index contributed by atoms with van der Waals surface area (Å²) >= 11 is 0. The third-order valence-corrected chi connectivity index (χ3v) is 4.16. The first-order valence-electron chi connectivity index (χ1n) is 8.10. The lowest BCUT2D eigenvalue weighted by molar-refractivity contribution is -0.162. The predicted molar refractivity (Wildman–Crippen MR) is 81.4 cm³/mol. The van der Waals surface area contributed by atoms with Gasteiger partial charge in [-0.15, -0.1) is 0 Å². The van der Waals surface area contributed by atoms with E-state index >= 15 is 0 Å². The molecule has 1 aliphatic carbocycles. The minimum absolute atomic E-state index is 0.0201. The predicted octanol–water partition coefficient (Wildman–Crippen LogP) is 3.93. The third-order valence-electron chi connectivity index (χ3n) is 4.16. The summed E-state index contributed by atoms with van der Waals surface area (Å²) in [6, 6.07) is 0. The van der Waals surface area contributed by atoms with Crippen molar-refractivity contribution in [1.82, 2.24) is 0 Å². The zero-order chi connectivity index (χ0) is 15.3. The van der Waals surface area contributed by atoms with Crippen LogP contribution in [0.3, 0.4) is 0 Å². The maximum atomic E-state index is 12.3. The quantitative estimate of drug-likeness (QED) is 0.778. The van der Waals surface area contributed by atoms with E-state index in [9.17, 15) is 9.90 Å². The van der Waals surface area contributed by atoms with Gasteiger partial charge in [0.25, 0.3) is 0 Å². The molecular weight excluding hydrogens is 252 g/mol. The Morgan fingerprint density at radius 1 is 1.30 bits per heavy atom. The van der Waals surface area contributed by atoms with Gasteiger partial charge in [0.05, 0.1) is 12.0 Å². The summed E-state index contributed by atoms with van der Waals surface area (Å²) in [6.07, 6.45) is 5.92. The van der Waals surface area contributed by atoms with Gasteiger partial charge in [-0.25, -0.2) is 0 Å². The Bertz CT molecular complexity index is 304. The van der Waals surface area contributed by atoms with Crippen molar-refractivity contribution in [3.63, 3.8) is 0 Å². The Labute approximate surface area is 124 Å². The van der Waals surface area contributed by atoms with Crippen molar-refractivity contribution < 1.29 is 14.6 Å². The van der Waals surface area contributed by atoms with Crippen LogP contribution in [0, 0.1) is 17.8 Å². The topological polar surface area (TPSA) is 46.5 Å². The molecule has 3 unspecified atom stereocenters. The molecule has 3 nitrogen and oxygen atoms in total. The molecule has 20 heavy (non-hydrogen) atoms. The lowest BCUT2D eigenvalue weighted by Gasteiger charge is -2.29. The number of esters is 1. The Morgan fingerprint density at radius 2 is 1.95 bits per heavy atom. The standard InChI is InChI=1S/C17H32O3/c1-12(2)15(16(19)20-17(3,4)5)10-9-13-7-6-8-14(18)11-13/h12-15,18H,6-11H2,1-5H3. The molecule has 1 saturated carbocycles. The fraction of sp³-hybridized carbons (Fsp3) is 0.941. The fourth-order valence-corrected chi connectivity index (χ4v) is 3.04. The van der Waals surface area contributed by atoms with Crippen LogP contribution in [0.15, 0.2) is 0 Å². The average molecular weight is 284 g/mol. The van der Waals surface area contributed by atoms with Crippen LogP contribution in [0.2, 0.25) is 0 Å². The molecule has 118 valence electrons. The maximum Gasteiger partial charge on any atom is 0.309 e. The van der Waals surface area contributed by atoms with Crippen molar-refractivity contribution >= 4 is 5.97 Å². The number of ether oxygens (including phenoxy) is 1. The minimum Gasteiger partial charge on any atom is -0.460 e. The molecule has 1 aliphatic rings. The van der Waals surface area contributed by atoms with E-state index in [-0.39, 0.29) is 18.0 Å². The van der Waals surface area contributed by atoms with Gasteiger partial charge in [0, 0.05) is 0 Å². The van der Waals surface area contributed by atoms with Crippen LogP contribution in [-0.4, -0.2) is 22.8 Å². The van der Waals surface area contributed by atoms with E-state index in [2.05, 4.69) is 13.8 Å². The smallest absolute Gasteiger partial charge is 0.309 e. The van der Waals surface area contributed by atoms with Crippen molar-refractivity contribution in [2.24, 2.45) is 17.8 Å². The summed E-state index contributed by atoms with van der Waals surface area (Å²) in [5.74, 6) is 0.790. The van der Waals surface area contributed by atoms with Crippen LogP contribution in [-0.2, 0) is 9.53 Å². The van der Waals surface area contributed by atoms with Crippen LogP contribution in [0.4, 0.5) is 0 Å². The van der Waals surface area contributed by atoms with E-state index in [1.807, 2.05) is 20.8 Å². The zero-order valence-corrected chi connectivity index (χ0v) is 13.8. The van der Waals surface area contributed by atoms with Gasteiger partial charge in [0.15, 0.2) is 0 Å². The van der Waals surface area contributed by atoms with Gasteiger partial charge >= 0.3 is 5.97 Å². The van der Waals surface area contributed by atoms with Gasteiger partial charge in [-0.2, -0.15) is 0 Å². The highest BCUT2D eigenvalue weighted by molar-refractivity contribution is 5.73. The number of hydrogen-bond donors (Lipinski definition) is 1. The molecule has 0 bridgehead atoms. The van der Waals surface area contributed by atoms with E-state index in [0.29, 0.717) is 11.8 Å². The van der Waals surface area contributed by atoms with Crippen molar-refractivity contribution in [1.29, 1.82) is 0 Å². The molecule has 3 heteroatoms. The highest BCUT2D eigenvalue weighted by Gasteiger charge is 2.29.